The number of carbonyl (C=O) groups is 1. The van der Waals surface area contributed by atoms with E-state index in [9.17, 15) is 38.2 Å². The summed E-state index contributed by atoms with van der Waals surface area (Å²) in [7, 11) is 0. The Morgan fingerprint density at radius 2 is 1.72 bits per heavy atom. The minimum absolute atomic E-state index is 0.0220. The molecule has 1 aliphatic rings. The van der Waals surface area contributed by atoms with Gasteiger partial charge in [0.25, 0.3) is 0 Å². The Balaban J connectivity index is 2.34. The fourth-order valence-corrected chi connectivity index (χ4v) is 2.03. The van der Waals surface area contributed by atoms with Crippen LogP contribution < -0.4 is 4.74 Å². The number of amides is 1. The molecule has 0 bridgehead atoms. The minimum atomic E-state index is -4.54. The zero-order valence-corrected chi connectivity index (χ0v) is 12.3. The molecule has 0 radical (unpaired) electrons. The molecule has 10 nitrogen and oxygen atoms in total. The quantitative estimate of drug-likeness (QED) is 0.571. The van der Waals surface area contributed by atoms with E-state index in [0.29, 0.717) is 0 Å². The average Bonchev–Trinajstić information content (AvgIpc) is 2.54. The maximum absolute atomic E-state index is 14.0. The number of benzene rings is 1. The van der Waals surface area contributed by atoms with E-state index < -0.39 is 44.8 Å². The smallest absolute Gasteiger partial charge is 0.418 e. The molecule has 1 aromatic rings. The van der Waals surface area contributed by atoms with Crippen molar-refractivity contribution >= 4 is 17.3 Å². The van der Waals surface area contributed by atoms with Gasteiger partial charge in [-0.3, -0.25) is 25.0 Å². The lowest BCUT2D eigenvalue weighted by Crippen LogP contribution is -2.51. The topological polar surface area (TPSA) is 125 Å². The van der Waals surface area contributed by atoms with E-state index in [1.165, 1.54) is 0 Å². The van der Waals surface area contributed by atoms with Crippen molar-refractivity contribution in [3.8, 4) is 5.75 Å². The fraction of sp³-hybridized carbons (Fsp3) is 0.417. The second-order valence-electron chi connectivity index (χ2n) is 4.81. The molecule has 1 fully saturated rings. The number of hydrogen-bond donors (Lipinski definition) is 0. The number of halogens is 3. The van der Waals surface area contributed by atoms with Crippen molar-refractivity contribution in [2.45, 2.75) is 6.11 Å². The number of nitro groups is 2. The molecular formula is C12H10F3N3O7. The summed E-state index contributed by atoms with van der Waals surface area (Å²) in [5, 5.41) is 21.5. The number of carbonyl (C=O) groups excluding carboxylic acids is 1. The van der Waals surface area contributed by atoms with Crippen molar-refractivity contribution < 1.29 is 37.3 Å². The maximum Gasteiger partial charge on any atom is 0.482 e. The highest BCUT2D eigenvalue weighted by Gasteiger charge is 2.47. The van der Waals surface area contributed by atoms with Crippen LogP contribution in [0.25, 0.3) is 0 Å². The molecule has 0 atom stereocenters. The fourth-order valence-electron chi connectivity index (χ4n) is 2.03. The van der Waals surface area contributed by atoms with Crippen molar-refractivity contribution in [3.63, 3.8) is 0 Å². The van der Waals surface area contributed by atoms with Gasteiger partial charge in [-0.25, -0.2) is 0 Å². The third-order valence-electron chi connectivity index (χ3n) is 3.21. The Morgan fingerprint density at radius 3 is 2.24 bits per heavy atom. The van der Waals surface area contributed by atoms with Gasteiger partial charge < -0.3 is 14.4 Å². The molecule has 0 saturated carbocycles. The summed E-state index contributed by atoms with van der Waals surface area (Å²) >= 11 is 0. The summed E-state index contributed by atoms with van der Waals surface area (Å²) in [6.07, 6.45) is -4.54. The molecule has 1 aromatic carbocycles. The molecule has 0 spiro atoms. The number of rotatable bonds is 5. The van der Waals surface area contributed by atoms with Crippen molar-refractivity contribution in [2.75, 3.05) is 26.3 Å². The van der Waals surface area contributed by atoms with Gasteiger partial charge in [0.2, 0.25) is 11.6 Å². The van der Waals surface area contributed by atoms with Crippen LogP contribution in [0.5, 0.6) is 5.75 Å². The molecule has 136 valence electrons. The van der Waals surface area contributed by atoms with Crippen LogP contribution in [0.2, 0.25) is 0 Å². The van der Waals surface area contributed by atoms with Crippen LogP contribution in [0.1, 0.15) is 0 Å². The maximum atomic E-state index is 14.0. The van der Waals surface area contributed by atoms with Crippen molar-refractivity contribution in [1.82, 2.24) is 4.90 Å². The molecule has 1 aliphatic heterocycles. The third-order valence-corrected chi connectivity index (χ3v) is 3.21. The number of ether oxygens (including phenoxy) is 2. The second-order valence-corrected chi connectivity index (χ2v) is 4.81. The predicted octanol–water partition coefficient (Wildman–Crippen LogP) is 1.47. The number of morpholine rings is 1. The highest BCUT2D eigenvalue weighted by Crippen LogP contribution is 2.36. The number of alkyl halides is 2. The summed E-state index contributed by atoms with van der Waals surface area (Å²) in [6.45, 7) is -0.245. The molecule has 0 unspecified atom stereocenters. The van der Waals surface area contributed by atoms with Gasteiger partial charge in [-0.15, -0.1) is 0 Å². The standard InChI is InChI=1S/C12H10F3N3O7/c13-7-5-10(9(18(22)23)6-8(7)17(20)21)25-12(14,15)11(19)16-1-3-24-4-2-16/h5-6H,1-4H2. The summed E-state index contributed by atoms with van der Waals surface area (Å²) in [4.78, 5) is 31.5. The first kappa shape index (κ1) is 18.4. The highest BCUT2D eigenvalue weighted by molar-refractivity contribution is 5.82. The van der Waals surface area contributed by atoms with E-state index in [-0.39, 0.29) is 38.4 Å². The normalized spacial score (nSPS) is 14.9. The molecule has 0 N–H and O–H groups in total. The SMILES string of the molecule is O=C(N1CCOCC1)C(F)(F)Oc1cc(F)c([N+](=O)[O-])cc1[N+](=O)[O-]. The van der Waals surface area contributed by atoms with Crippen molar-refractivity contribution in [3.05, 3.63) is 38.2 Å². The Morgan fingerprint density at radius 1 is 1.16 bits per heavy atom. The van der Waals surface area contributed by atoms with Gasteiger partial charge in [-0.1, -0.05) is 0 Å². The molecule has 25 heavy (non-hydrogen) atoms. The number of nitrogens with zero attached hydrogens (tertiary/aromatic N) is 3. The largest absolute Gasteiger partial charge is 0.482 e. The van der Waals surface area contributed by atoms with Crippen LogP contribution >= 0.6 is 0 Å². The molecule has 1 amide bonds. The minimum Gasteiger partial charge on any atom is -0.418 e. The Hall–Kier alpha value is -2.96. The molecule has 1 heterocycles. The van der Waals surface area contributed by atoms with Gasteiger partial charge in [-0.05, 0) is 0 Å². The highest BCUT2D eigenvalue weighted by atomic mass is 19.3. The summed E-state index contributed by atoms with van der Waals surface area (Å²) in [6, 6.07) is 0.205. The van der Waals surface area contributed by atoms with E-state index in [1.54, 1.807) is 0 Å². The van der Waals surface area contributed by atoms with Crippen LogP contribution in [-0.2, 0) is 9.53 Å². The second kappa shape index (κ2) is 6.88. The first-order valence-electron chi connectivity index (χ1n) is 6.69. The lowest BCUT2D eigenvalue weighted by molar-refractivity contribution is -0.397. The zero-order valence-electron chi connectivity index (χ0n) is 12.3. The lowest BCUT2D eigenvalue weighted by Gasteiger charge is -2.29. The van der Waals surface area contributed by atoms with E-state index in [4.69, 9.17) is 4.74 Å². The van der Waals surface area contributed by atoms with Crippen LogP contribution in [0, 0.1) is 26.0 Å². The van der Waals surface area contributed by atoms with E-state index in [2.05, 4.69) is 4.74 Å². The van der Waals surface area contributed by atoms with Gasteiger partial charge in [0.15, 0.2) is 0 Å². The Kier molecular flexibility index (Phi) is 5.06. The van der Waals surface area contributed by atoms with E-state index in [1.807, 2.05) is 0 Å². The molecule has 1 saturated heterocycles. The Labute approximate surface area is 137 Å². The van der Waals surface area contributed by atoms with Crippen molar-refractivity contribution in [1.29, 1.82) is 0 Å². The molecule has 2 rings (SSSR count). The van der Waals surface area contributed by atoms with Gasteiger partial charge in [0.05, 0.1) is 23.1 Å². The van der Waals surface area contributed by atoms with Gasteiger partial charge in [-0.2, -0.15) is 13.2 Å². The number of nitro benzene ring substituents is 2. The summed E-state index contributed by atoms with van der Waals surface area (Å²) in [5.41, 5.74) is -2.57. The van der Waals surface area contributed by atoms with Gasteiger partial charge in [0, 0.05) is 19.2 Å². The monoisotopic (exact) mass is 365 g/mol. The average molecular weight is 365 g/mol. The van der Waals surface area contributed by atoms with Crippen LogP contribution in [0.4, 0.5) is 24.5 Å². The first-order valence-corrected chi connectivity index (χ1v) is 6.69. The van der Waals surface area contributed by atoms with Gasteiger partial charge in [0.1, 0.15) is 6.07 Å². The molecule has 0 aromatic heterocycles. The Bertz CT molecular complexity index is 722. The molecular weight excluding hydrogens is 355 g/mol. The lowest BCUT2D eigenvalue weighted by atomic mass is 10.2. The van der Waals surface area contributed by atoms with E-state index >= 15 is 0 Å². The zero-order chi connectivity index (χ0) is 18.8. The molecule has 13 heteroatoms. The number of hydrogen-bond acceptors (Lipinski definition) is 7. The van der Waals surface area contributed by atoms with E-state index in [0.717, 1.165) is 4.90 Å². The third kappa shape index (κ3) is 3.93. The van der Waals surface area contributed by atoms with Crippen molar-refractivity contribution in [2.24, 2.45) is 0 Å². The van der Waals surface area contributed by atoms with Crippen LogP contribution in [-0.4, -0.2) is 53.1 Å². The van der Waals surface area contributed by atoms with Crippen LogP contribution in [0.3, 0.4) is 0 Å². The predicted molar refractivity (Wildman–Crippen MR) is 72.7 cm³/mol. The van der Waals surface area contributed by atoms with Crippen LogP contribution in [0.15, 0.2) is 12.1 Å². The summed E-state index contributed by atoms with van der Waals surface area (Å²) < 4.78 is 50.5. The van der Waals surface area contributed by atoms with Gasteiger partial charge >= 0.3 is 23.4 Å². The molecule has 0 aliphatic carbocycles. The summed E-state index contributed by atoms with van der Waals surface area (Å²) in [5.74, 6) is -4.72. The first-order chi connectivity index (χ1) is 11.6.